The fourth-order valence-electron chi connectivity index (χ4n) is 2.52. The maximum Gasteiger partial charge on any atom is 0.161 e. The van der Waals surface area contributed by atoms with Crippen LogP contribution in [0.5, 0.6) is 5.75 Å². The van der Waals surface area contributed by atoms with Gasteiger partial charge in [0, 0.05) is 19.0 Å². The van der Waals surface area contributed by atoms with E-state index in [9.17, 15) is 0 Å². The van der Waals surface area contributed by atoms with E-state index < -0.39 is 0 Å². The van der Waals surface area contributed by atoms with Crippen molar-refractivity contribution in [2.45, 2.75) is 26.2 Å². The number of nitrogens with one attached hydrogen (secondary N) is 1. The van der Waals surface area contributed by atoms with Crippen LogP contribution in [0.4, 0.5) is 5.82 Å². The number of aryl methyl sites for hydroxylation is 1. The summed E-state index contributed by atoms with van der Waals surface area (Å²) >= 11 is 3.59. The lowest BCUT2D eigenvalue weighted by molar-refractivity contribution is 0.357. The van der Waals surface area contributed by atoms with Crippen molar-refractivity contribution >= 4 is 21.7 Å². The number of hydrogen-bond donors (Lipinski definition) is 1. The van der Waals surface area contributed by atoms with Crippen molar-refractivity contribution in [2.24, 2.45) is 0 Å². The van der Waals surface area contributed by atoms with E-state index in [0.29, 0.717) is 0 Å². The lowest BCUT2D eigenvalue weighted by Crippen LogP contribution is -2.03. The first-order chi connectivity index (χ1) is 10.2. The van der Waals surface area contributed by atoms with Gasteiger partial charge in [-0.1, -0.05) is 13.3 Å². The Morgan fingerprint density at radius 3 is 2.95 bits per heavy atom. The highest BCUT2D eigenvalue weighted by atomic mass is 79.9. The molecular formula is C16H18BrN3O. The van der Waals surface area contributed by atoms with Crippen LogP contribution in [0, 0.1) is 0 Å². The first kappa shape index (κ1) is 14.3. The van der Waals surface area contributed by atoms with Gasteiger partial charge in [0.15, 0.2) is 5.82 Å². The third-order valence-electron chi connectivity index (χ3n) is 3.59. The van der Waals surface area contributed by atoms with E-state index in [1.54, 1.807) is 0 Å². The normalized spacial score (nSPS) is 12.9. The standard InChI is InChI=1S/C16H18BrN3O/c1-3-4-12-14(17)16(18-2)20-15(19-12)11-5-6-13-10(9-11)7-8-21-13/h5-6,9H,3-4,7-8H2,1-2H3,(H,18,19,20). The maximum atomic E-state index is 5.55. The number of nitrogens with zero attached hydrogens (tertiary/aromatic N) is 2. The predicted molar refractivity (Wildman–Crippen MR) is 87.9 cm³/mol. The minimum absolute atomic E-state index is 0.765. The monoisotopic (exact) mass is 347 g/mol. The molecule has 5 heteroatoms. The minimum atomic E-state index is 0.765. The summed E-state index contributed by atoms with van der Waals surface area (Å²) in [6.07, 6.45) is 2.94. The zero-order valence-corrected chi connectivity index (χ0v) is 13.8. The lowest BCUT2D eigenvalue weighted by Gasteiger charge is -2.11. The summed E-state index contributed by atoms with van der Waals surface area (Å²) in [7, 11) is 1.88. The Hall–Kier alpha value is -1.62. The highest BCUT2D eigenvalue weighted by Gasteiger charge is 2.16. The number of anilines is 1. The van der Waals surface area contributed by atoms with Crippen LogP contribution in [-0.4, -0.2) is 23.6 Å². The van der Waals surface area contributed by atoms with Crippen molar-refractivity contribution in [3.63, 3.8) is 0 Å². The summed E-state index contributed by atoms with van der Waals surface area (Å²) in [6, 6.07) is 6.19. The molecule has 1 aliphatic heterocycles. The zero-order valence-electron chi connectivity index (χ0n) is 12.2. The van der Waals surface area contributed by atoms with Crippen LogP contribution in [0.2, 0.25) is 0 Å². The van der Waals surface area contributed by atoms with Gasteiger partial charge in [0.25, 0.3) is 0 Å². The molecule has 0 amide bonds. The topological polar surface area (TPSA) is 47.0 Å². The van der Waals surface area contributed by atoms with Gasteiger partial charge >= 0.3 is 0 Å². The van der Waals surface area contributed by atoms with Crippen molar-refractivity contribution in [3.8, 4) is 17.1 Å². The van der Waals surface area contributed by atoms with Crippen LogP contribution in [0.3, 0.4) is 0 Å². The molecule has 0 aliphatic carbocycles. The smallest absolute Gasteiger partial charge is 0.161 e. The molecule has 2 heterocycles. The van der Waals surface area contributed by atoms with E-state index in [0.717, 1.165) is 59.0 Å². The van der Waals surface area contributed by atoms with Gasteiger partial charge in [-0.15, -0.1) is 0 Å². The third-order valence-corrected chi connectivity index (χ3v) is 4.42. The number of hydrogen-bond acceptors (Lipinski definition) is 4. The molecule has 0 atom stereocenters. The fraction of sp³-hybridized carbons (Fsp3) is 0.375. The lowest BCUT2D eigenvalue weighted by atomic mass is 10.1. The summed E-state index contributed by atoms with van der Waals surface area (Å²) in [5, 5.41) is 3.13. The molecule has 1 aliphatic rings. The number of benzene rings is 1. The van der Waals surface area contributed by atoms with Crippen molar-refractivity contribution < 1.29 is 4.74 Å². The number of aromatic nitrogens is 2. The van der Waals surface area contributed by atoms with Crippen molar-refractivity contribution in [1.29, 1.82) is 0 Å². The fourth-order valence-corrected chi connectivity index (χ4v) is 3.09. The molecule has 3 rings (SSSR count). The molecule has 0 bridgehead atoms. The van der Waals surface area contributed by atoms with Gasteiger partial charge in [-0.25, -0.2) is 9.97 Å². The van der Waals surface area contributed by atoms with E-state index in [1.807, 2.05) is 19.2 Å². The van der Waals surface area contributed by atoms with E-state index in [2.05, 4.69) is 39.2 Å². The Balaban J connectivity index is 2.07. The summed E-state index contributed by atoms with van der Waals surface area (Å²) in [6.45, 7) is 2.92. The zero-order chi connectivity index (χ0) is 14.8. The molecule has 0 fully saturated rings. The summed E-state index contributed by atoms with van der Waals surface area (Å²) < 4.78 is 6.51. The molecule has 0 radical (unpaired) electrons. The molecule has 110 valence electrons. The Morgan fingerprint density at radius 2 is 2.19 bits per heavy atom. The summed E-state index contributed by atoms with van der Waals surface area (Å²) in [5.41, 5.74) is 3.33. The van der Waals surface area contributed by atoms with Gasteiger partial charge in [-0.2, -0.15) is 0 Å². The van der Waals surface area contributed by atoms with Gasteiger partial charge in [0.05, 0.1) is 16.8 Å². The first-order valence-electron chi connectivity index (χ1n) is 7.23. The van der Waals surface area contributed by atoms with Crippen LogP contribution in [0.15, 0.2) is 22.7 Å². The molecule has 4 nitrogen and oxygen atoms in total. The molecule has 2 aromatic rings. The van der Waals surface area contributed by atoms with Crippen LogP contribution in [-0.2, 0) is 12.8 Å². The van der Waals surface area contributed by atoms with Crippen molar-refractivity contribution in [3.05, 3.63) is 33.9 Å². The minimum Gasteiger partial charge on any atom is -0.493 e. The average Bonchev–Trinajstić information content (AvgIpc) is 2.97. The molecule has 1 aromatic carbocycles. The van der Waals surface area contributed by atoms with Gasteiger partial charge in [0.1, 0.15) is 11.6 Å². The Bertz CT molecular complexity index is 673. The molecule has 0 saturated heterocycles. The van der Waals surface area contributed by atoms with Crippen LogP contribution >= 0.6 is 15.9 Å². The molecular weight excluding hydrogens is 330 g/mol. The summed E-state index contributed by atoms with van der Waals surface area (Å²) in [4.78, 5) is 9.35. The second-order valence-electron chi connectivity index (χ2n) is 5.08. The summed E-state index contributed by atoms with van der Waals surface area (Å²) in [5.74, 6) is 2.58. The van der Waals surface area contributed by atoms with Crippen LogP contribution < -0.4 is 10.1 Å². The van der Waals surface area contributed by atoms with Crippen molar-refractivity contribution in [1.82, 2.24) is 9.97 Å². The van der Waals surface area contributed by atoms with E-state index in [1.165, 1.54) is 5.56 Å². The number of halogens is 1. The highest BCUT2D eigenvalue weighted by Crippen LogP contribution is 2.32. The Labute approximate surface area is 133 Å². The average molecular weight is 348 g/mol. The third kappa shape index (κ3) is 2.75. The van der Waals surface area contributed by atoms with Gasteiger partial charge < -0.3 is 10.1 Å². The van der Waals surface area contributed by atoms with E-state index in [-0.39, 0.29) is 0 Å². The van der Waals surface area contributed by atoms with Gasteiger partial charge in [0.2, 0.25) is 0 Å². The predicted octanol–water partition coefficient (Wildman–Crippen LogP) is 3.84. The molecule has 21 heavy (non-hydrogen) atoms. The van der Waals surface area contributed by atoms with Crippen LogP contribution in [0.1, 0.15) is 24.6 Å². The Morgan fingerprint density at radius 1 is 1.33 bits per heavy atom. The quantitative estimate of drug-likeness (QED) is 0.912. The van der Waals surface area contributed by atoms with Gasteiger partial charge in [-0.3, -0.25) is 0 Å². The van der Waals surface area contributed by atoms with E-state index in [4.69, 9.17) is 9.72 Å². The molecule has 1 aromatic heterocycles. The molecule has 1 N–H and O–H groups in total. The molecule has 0 unspecified atom stereocenters. The highest BCUT2D eigenvalue weighted by molar-refractivity contribution is 9.10. The first-order valence-corrected chi connectivity index (χ1v) is 8.02. The van der Waals surface area contributed by atoms with Crippen molar-refractivity contribution in [2.75, 3.05) is 19.0 Å². The maximum absolute atomic E-state index is 5.55. The van der Waals surface area contributed by atoms with Crippen LogP contribution in [0.25, 0.3) is 11.4 Å². The number of fused-ring (bicyclic) bond motifs is 1. The number of ether oxygens (including phenoxy) is 1. The second-order valence-corrected chi connectivity index (χ2v) is 5.87. The Kier molecular flexibility index (Phi) is 4.10. The van der Waals surface area contributed by atoms with E-state index >= 15 is 0 Å². The number of rotatable bonds is 4. The molecule has 0 spiro atoms. The largest absolute Gasteiger partial charge is 0.493 e. The van der Waals surface area contributed by atoms with Gasteiger partial charge in [-0.05, 0) is 46.1 Å². The molecule has 0 saturated carbocycles. The second kappa shape index (κ2) is 6.02. The SMILES string of the molecule is CCCc1nc(-c2ccc3c(c2)CCO3)nc(NC)c1Br.